The zero-order valence-electron chi connectivity index (χ0n) is 14.0. The summed E-state index contributed by atoms with van der Waals surface area (Å²) < 4.78 is 0. The molecule has 26 heavy (non-hydrogen) atoms. The molecule has 0 aliphatic rings. The van der Waals surface area contributed by atoms with E-state index in [-0.39, 0.29) is 11.8 Å². The van der Waals surface area contributed by atoms with E-state index in [0.717, 1.165) is 5.56 Å². The Morgan fingerprint density at radius 1 is 1.00 bits per heavy atom. The van der Waals surface area contributed by atoms with E-state index in [1.54, 1.807) is 49.5 Å². The number of benzene rings is 1. The van der Waals surface area contributed by atoms with Gasteiger partial charge in [0.05, 0.1) is 10.6 Å². The van der Waals surface area contributed by atoms with Crippen LogP contribution in [0.5, 0.6) is 0 Å². The van der Waals surface area contributed by atoms with Gasteiger partial charge in [0.2, 0.25) is 0 Å². The quantitative estimate of drug-likeness (QED) is 0.536. The van der Waals surface area contributed by atoms with E-state index in [2.05, 4.69) is 20.8 Å². The number of nitrogens with one attached hydrogen (secondary N) is 2. The topological polar surface area (TPSA) is 83.4 Å². The summed E-state index contributed by atoms with van der Waals surface area (Å²) in [6.07, 6.45) is 1.55. The molecule has 0 unspecified atom stereocenters. The lowest BCUT2D eigenvalue weighted by Crippen LogP contribution is -2.20. The normalized spacial score (nSPS) is 11.0. The Balaban J connectivity index is 1.62. The third kappa shape index (κ3) is 4.40. The van der Waals surface area contributed by atoms with Crippen molar-refractivity contribution in [2.24, 2.45) is 5.10 Å². The van der Waals surface area contributed by atoms with Gasteiger partial charge in [-0.2, -0.15) is 5.10 Å². The molecule has 7 heteroatoms. The van der Waals surface area contributed by atoms with Crippen molar-refractivity contribution in [2.45, 2.75) is 6.92 Å². The number of pyridine rings is 1. The minimum absolute atomic E-state index is 0.138. The summed E-state index contributed by atoms with van der Waals surface area (Å²) >= 11 is 1.39. The van der Waals surface area contributed by atoms with Gasteiger partial charge in [0.1, 0.15) is 5.69 Å². The van der Waals surface area contributed by atoms with Crippen LogP contribution >= 0.6 is 11.3 Å². The molecule has 0 aliphatic carbocycles. The molecule has 0 atom stereocenters. The summed E-state index contributed by atoms with van der Waals surface area (Å²) in [7, 11) is 0. The summed E-state index contributed by atoms with van der Waals surface area (Å²) in [6, 6.07) is 15.9. The standard InChI is InChI=1S/C19H16N4O2S/c1-13(22-23-18(24)16-5-2-3-11-20-16)14-7-9-15(10-8-14)21-19(25)17-6-4-12-26-17/h2-12H,1H3,(H,21,25)(H,23,24). The minimum atomic E-state index is -0.371. The van der Waals surface area contributed by atoms with Crippen molar-refractivity contribution in [3.05, 3.63) is 82.3 Å². The number of nitrogens with zero attached hydrogens (tertiary/aromatic N) is 2. The molecule has 1 aromatic carbocycles. The predicted molar refractivity (Wildman–Crippen MR) is 103 cm³/mol. The summed E-state index contributed by atoms with van der Waals surface area (Å²) in [6.45, 7) is 1.79. The molecule has 0 spiro atoms. The van der Waals surface area contributed by atoms with Gasteiger partial charge in [0.25, 0.3) is 11.8 Å². The number of rotatable bonds is 5. The van der Waals surface area contributed by atoms with Gasteiger partial charge in [-0.15, -0.1) is 11.3 Å². The number of hydrazone groups is 1. The van der Waals surface area contributed by atoms with Gasteiger partial charge in [0.15, 0.2) is 0 Å². The van der Waals surface area contributed by atoms with Gasteiger partial charge in [-0.3, -0.25) is 14.6 Å². The van der Waals surface area contributed by atoms with E-state index in [4.69, 9.17) is 0 Å². The van der Waals surface area contributed by atoms with Gasteiger partial charge in [-0.25, -0.2) is 5.43 Å². The molecule has 3 rings (SSSR count). The summed E-state index contributed by atoms with van der Waals surface area (Å²) in [5.41, 5.74) is 4.95. The Hall–Kier alpha value is -3.32. The van der Waals surface area contributed by atoms with Gasteiger partial charge >= 0.3 is 0 Å². The third-order valence-electron chi connectivity index (χ3n) is 3.53. The molecule has 0 aliphatic heterocycles. The van der Waals surface area contributed by atoms with E-state index < -0.39 is 0 Å². The van der Waals surface area contributed by atoms with Crippen molar-refractivity contribution in [1.82, 2.24) is 10.4 Å². The van der Waals surface area contributed by atoms with Crippen LogP contribution in [-0.4, -0.2) is 22.5 Å². The van der Waals surface area contributed by atoms with Crippen molar-refractivity contribution in [3.63, 3.8) is 0 Å². The summed E-state index contributed by atoms with van der Waals surface area (Å²) in [4.78, 5) is 28.6. The summed E-state index contributed by atoms with van der Waals surface area (Å²) in [5, 5.41) is 8.79. The van der Waals surface area contributed by atoms with E-state index >= 15 is 0 Å². The van der Waals surface area contributed by atoms with Crippen molar-refractivity contribution in [2.75, 3.05) is 5.32 Å². The lowest BCUT2D eigenvalue weighted by Gasteiger charge is -2.06. The Bertz CT molecular complexity index is 920. The van der Waals surface area contributed by atoms with Crippen molar-refractivity contribution >= 4 is 34.6 Å². The average molecular weight is 364 g/mol. The largest absolute Gasteiger partial charge is 0.321 e. The predicted octanol–water partition coefficient (Wildman–Crippen LogP) is 3.55. The molecule has 2 heterocycles. The Kier molecular flexibility index (Phi) is 5.50. The maximum atomic E-state index is 12.0. The van der Waals surface area contributed by atoms with Gasteiger partial charge < -0.3 is 5.32 Å². The number of carbonyl (C=O) groups excluding carboxylic acids is 2. The highest BCUT2D eigenvalue weighted by atomic mass is 32.1. The van der Waals surface area contributed by atoms with Crippen LogP contribution in [0.15, 0.2) is 71.3 Å². The Morgan fingerprint density at radius 2 is 1.81 bits per heavy atom. The Morgan fingerprint density at radius 3 is 2.46 bits per heavy atom. The number of hydrogen-bond acceptors (Lipinski definition) is 5. The highest BCUT2D eigenvalue weighted by Crippen LogP contribution is 2.14. The first-order valence-corrected chi connectivity index (χ1v) is 8.72. The van der Waals surface area contributed by atoms with Gasteiger partial charge in [0, 0.05) is 11.9 Å². The van der Waals surface area contributed by atoms with Crippen LogP contribution < -0.4 is 10.7 Å². The molecule has 0 bridgehead atoms. The molecule has 0 radical (unpaired) electrons. The number of aromatic nitrogens is 1. The average Bonchev–Trinajstić information content (AvgIpc) is 3.22. The number of hydrogen-bond donors (Lipinski definition) is 2. The van der Waals surface area contributed by atoms with Crippen molar-refractivity contribution in [3.8, 4) is 0 Å². The van der Waals surface area contributed by atoms with Crippen LogP contribution in [0.4, 0.5) is 5.69 Å². The van der Waals surface area contributed by atoms with Crippen molar-refractivity contribution in [1.29, 1.82) is 0 Å². The molecule has 130 valence electrons. The maximum Gasteiger partial charge on any atom is 0.289 e. The number of thiophene rings is 1. The molecule has 2 amide bonds. The smallest absolute Gasteiger partial charge is 0.289 e. The Labute approximate surface area is 154 Å². The highest BCUT2D eigenvalue weighted by molar-refractivity contribution is 7.12. The van der Waals surface area contributed by atoms with Gasteiger partial charge in [-0.05, 0) is 48.2 Å². The molecule has 3 aromatic rings. The van der Waals surface area contributed by atoms with Crippen LogP contribution in [0.3, 0.4) is 0 Å². The lowest BCUT2D eigenvalue weighted by molar-refractivity contribution is 0.0949. The number of carbonyl (C=O) groups is 2. The van der Waals surface area contributed by atoms with E-state index in [1.165, 1.54) is 11.3 Å². The van der Waals surface area contributed by atoms with E-state index in [9.17, 15) is 9.59 Å². The SMILES string of the molecule is CC(=NNC(=O)c1ccccn1)c1ccc(NC(=O)c2cccs2)cc1. The van der Waals surface area contributed by atoms with Crippen LogP contribution in [0.1, 0.15) is 32.6 Å². The molecule has 2 N–H and O–H groups in total. The van der Waals surface area contributed by atoms with Gasteiger partial charge in [-0.1, -0.05) is 24.3 Å². The summed E-state index contributed by atoms with van der Waals surface area (Å²) in [5.74, 6) is -0.509. The fraction of sp³-hybridized carbons (Fsp3) is 0.0526. The molecule has 6 nitrogen and oxygen atoms in total. The number of anilines is 1. The second-order valence-electron chi connectivity index (χ2n) is 5.36. The fourth-order valence-corrected chi connectivity index (χ4v) is 2.77. The second kappa shape index (κ2) is 8.17. The third-order valence-corrected chi connectivity index (χ3v) is 4.40. The van der Waals surface area contributed by atoms with Crippen LogP contribution in [-0.2, 0) is 0 Å². The maximum absolute atomic E-state index is 12.0. The van der Waals surface area contributed by atoms with E-state index in [0.29, 0.717) is 22.0 Å². The van der Waals surface area contributed by atoms with Crippen LogP contribution in [0.2, 0.25) is 0 Å². The molecular formula is C19H16N4O2S. The number of amides is 2. The molecule has 0 saturated heterocycles. The van der Waals surface area contributed by atoms with E-state index in [1.807, 2.05) is 23.6 Å². The van der Waals surface area contributed by atoms with Crippen molar-refractivity contribution < 1.29 is 9.59 Å². The lowest BCUT2D eigenvalue weighted by atomic mass is 10.1. The first-order valence-electron chi connectivity index (χ1n) is 7.84. The first kappa shape index (κ1) is 17.5. The van der Waals surface area contributed by atoms with Crippen LogP contribution in [0, 0.1) is 0 Å². The monoisotopic (exact) mass is 364 g/mol. The minimum Gasteiger partial charge on any atom is -0.321 e. The molecular weight excluding hydrogens is 348 g/mol. The first-order chi connectivity index (χ1) is 12.6. The zero-order valence-corrected chi connectivity index (χ0v) is 14.8. The molecule has 0 fully saturated rings. The highest BCUT2D eigenvalue weighted by Gasteiger charge is 2.08. The zero-order chi connectivity index (χ0) is 18.4. The fourth-order valence-electron chi connectivity index (χ4n) is 2.15. The molecule has 2 aromatic heterocycles. The van der Waals surface area contributed by atoms with Crippen LogP contribution in [0.25, 0.3) is 0 Å². The molecule has 0 saturated carbocycles. The second-order valence-corrected chi connectivity index (χ2v) is 6.31.